The lowest BCUT2D eigenvalue weighted by atomic mass is 10.2. The molecule has 6 nitrogen and oxygen atoms in total. The maximum atomic E-state index is 12.5. The highest BCUT2D eigenvalue weighted by molar-refractivity contribution is 9.10. The zero-order valence-corrected chi connectivity index (χ0v) is 19.2. The number of nitrogens with one attached hydrogen (secondary N) is 1. The summed E-state index contributed by atoms with van der Waals surface area (Å²) in [6.45, 7) is 3.04. The predicted octanol–water partition coefficient (Wildman–Crippen LogP) is 5.16. The first-order chi connectivity index (χ1) is 15.6. The molecule has 0 aliphatic carbocycles. The molecule has 4 aromatic rings. The average molecular weight is 491 g/mol. The molecular formula is C25H23BrN4O2. The second-order valence-corrected chi connectivity index (χ2v) is 8.34. The predicted molar refractivity (Wildman–Crippen MR) is 128 cm³/mol. The highest BCUT2D eigenvalue weighted by Crippen LogP contribution is 2.18. The molecule has 0 aliphatic rings. The van der Waals surface area contributed by atoms with E-state index in [2.05, 4.69) is 31.6 Å². The molecule has 0 atom stereocenters. The number of rotatable bonds is 8. The fourth-order valence-corrected chi connectivity index (χ4v) is 3.47. The first-order valence-corrected chi connectivity index (χ1v) is 11.1. The summed E-state index contributed by atoms with van der Waals surface area (Å²) in [6, 6.07) is 25.4. The Morgan fingerprint density at radius 1 is 0.969 bits per heavy atom. The van der Waals surface area contributed by atoms with Gasteiger partial charge >= 0.3 is 0 Å². The standard InChI is InChI=1S/C25H23BrN4O2/c1-18-24(28-29-30(18)16-19-7-9-21(26)10-8-19)15-25(31)27-22-11-13-23(14-12-22)32-17-20-5-3-2-4-6-20/h2-14H,15-17H2,1H3,(H,27,31). The molecular weight excluding hydrogens is 468 g/mol. The Hall–Kier alpha value is -3.45. The van der Waals surface area contributed by atoms with Crippen molar-refractivity contribution in [2.45, 2.75) is 26.5 Å². The van der Waals surface area contributed by atoms with Crippen LogP contribution >= 0.6 is 15.9 Å². The Bertz CT molecular complexity index is 1170. The minimum Gasteiger partial charge on any atom is -0.489 e. The molecule has 1 amide bonds. The van der Waals surface area contributed by atoms with Gasteiger partial charge in [-0.2, -0.15) is 0 Å². The molecule has 32 heavy (non-hydrogen) atoms. The second kappa shape index (κ2) is 10.2. The highest BCUT2D eigenvalue weighted by atomic mass is 79.9. The number of aromatic nitrogens is 3. The van der Waals surface area contributed by atoms with E-state index in [1.165, 1.54) is 0 Å². The fraction of sp³-hybridized carbons (Fsp3) is 0.160. The largest absolute Gasteiger partial charge is 0.489 e. The number of carbonyl (C=O) groups is 1. The smallest absolute Gasteiger partial charge is 0.230 e. The fourth-order valence-electron chi connectivity index (χ4n) is 3.21. The Morgan fingerprint density at radius 3 is 2.41 bits per heavy atom. The lowest BCUT2D eigenvalue weighted by Gasteiger charge is -2.08. The van der Waals surface area contributed by atoms with Crippen molar-refractivity contribution in [3.8, 4) is 5.75 Å². The van der Waals surface area contributed by atoms with Gasteiger partial charge in [-0.15, -0.1) is 5.10 Å². The van der Waals surface area contributed by atoms with Gasteiger partial charge in [0.05, 0.1) is 24.4 Å². The number of hydrogen-bond acceptors (Lipinski definition) is 4. The average Bonchev–Trinajstić information content (AvgIpc) is 3.14. The Morgan fingerprint density at radius 2 is 1.69 bits per heavy atom. The van der Waals surface area contributed by atoms with E-state index < -0.39 is 0 Å². The zero-order valence-electron chi connectivity index (χ0n) is 17.7. The lowest BCUT2D eigenvalue weighted by molar-refractivity contribution is -0.115. The molecule has 0 fully saturated rings. The number of ether oxygens (including phenoxy) is 1. The highest BCUT2D eigenvalue weighted by Gasteiger charge is 2.13. The van der Waals surface area contributed by atoms with Crippen molar-refractivity contribution < 1.29 is 9.53 Å². The summed E-state index contributed by atoms with van der Waals surface area (Å²) >= 11 is 3.44. The Labute approximate surface area is 195 Å². The molecule has 7 heteroatoms. The second-order valence-electron chi connectivity index (χ2n) is 7.43. The Kier molecular flexibility index (Phi) is 6.97. The minimum atomic E-state index is -0.137. The molecule has 0 saturated carbocycles. The van der Waals surface area contributed by atoms with Gasteiger partial charge in [0.25, 0.3) is 0 Å². The van der Waals surface area contributed by atoms with Crippen LogP contribution in [0.4, 0.5) is 5.69 Å². The summed E-state index contributed by atoms with van der Waals surface area (Å²) in [6.07, 6.45) is 0.165. The van der Waals surface area contributed by atoms with Crippen LogP contribution in [-0.2, 0) is 24.4 Å². The van der Waals surface area contributed by atoms with E-state index >= 15 is 0 Å². The van der Waals surface area contributed by atoms with Crippen LogP contribution in [0.2, 0.25) is 0 Å². The van der Waals surface area contributed by atoms with Crippen LogP contribution < -0.4 is 10.1 Å². The molecule has 1 N–H and O–H groups in total. The third kappa shape index (κ3) is 5.82. The normalized spacial score (nSPS) is 10.7. The van der Waals surface area contributed by atoms with Crippen LogP contribution in [0.1, 0.15) is 22.5 Å². The maximum absolute atomic E-state index is 12.5. The first kappa shape index (κ1) is 21.8. The number of nitrogens with zero attached hydrogens (tertiary/aromatic N) is 3. The van der Waals surface area contributed by atoms with E-state index in [1.54, 1.807) is 0 Å². The first-order valence-electron chi connectivity index (χ1n) is 10.3. The third-order valence-electron chi connectivity index (χ3n) is 5.04. The lowest BCUT2D eigenvalue weighted by Crippen LogP contribution is -2.15. The van der Waals surface area contributed by atoms with Gasteiger partial charge in [-0.25, -0.2) is 4.68 Å². The van der Waals surface area contributed by atoms with E-state index in [0.29, 0.717) is 24.5 Å². The van der Waals surface area contributed by atoms with Gasteiger partial charge in [0.15, 0.2) is 0 Å². The van der Waals surface area contributed by atoms with Crippen LogP contribution in [-0.4, -0.2) is 20.9 Å². The topological polar surface area (TPSA) is 69.0 Å². The molecule has 162 valence electrons. The van der Waals surface area contributed by atoms with Crippen molar-refractivity contribution in [2.75, 3.05) is 5.32 Å². The molecule has 1 heterocycles. The number of anilines is 1. The molecule has 0 radical (unpaired) electrons. The van der Waals surface area contributed by atoms with Gasteiger partial charge in [0.2, 0.25) is 5.91 Å². The van der Waals surface area contributed by atoms with Gasteiger partial charge < -0.3 is 10.1 Å². The van der Waals surface area contributed by atoms with E-state index in [4.69, 9.17) is 4.74 Å². The van der Waals surface area contributed by atoms with Gasteiger partial charge in [0, 0.05) is 10.2 Å². The number of carbonyl (C=O) groups excluding carboxylic acids is 1. The summed E-state index contributed by atoms with van der Waals surface area (Å²) in [5, 5.41) is 11.3. The number of hydrogen-bond donors (Lipinski definition) is 1. The van der Waals surface area contributed by atoms with E-state index in [-0.39, 0.29) is 12.3 Å². The summed E-state index contributed by atoms with van der Waals surface area (Å²) in [5.41, 5.74) is 4.48. The van der Waals surface area contributed by atoms with Gasteiger partial charge in [0.1, 0.15) is 12.4 Å². The van der Waals surface area contributed by atoms with E-state index in [0.717, 1.165) is 27.0 Å². The number of halogens is 1. The van der Waals surface area contributed by atoms with Crippen molar-refractivity contribution in [3.63, 3.8) is 0 Å². The number of benzene rings is 3. The summed E-state index contributed by atoms with van der Waals surface area (Å²) < 4.78 is 8.63. The molecule has 4 rings (SSSR count). The maximum Gasteiger partial charge on any atom is 0.230 e. The molecule has 0 bridgehead atoms. The van der Waals surface area contributed by atoms with Crippen molar-refractivity contribution in [3.05, 3.63) is 106 Å². The quantitative estimate of drug-likeness (QED) is 0.370. The molecule has 0 unspecified atom stereocenters. The summed E-state index contributed by atoms with van der Waals surface area (Å²) in [5.74, 6) is 0.611. The molecule has 0 aliphatic heterocycles. The van der Waals surface area contributed by atoms with E-state index in [1.807, 2.05) is 90.5 Å². The minimum absolute atomic E-state index is 0.137. The Balaban J connectivity index is 1.30. The van der Waals surface area contributed by atoms with Crippen LogP contribution in [0.5, 0.6) is 5.75 Å². The van der Waals surface area contributed by atoms with Crippen LogP contribution in [0.15, 0.2) is 83.3 Å². The summed E-state index contributed by atoms with van der Waals surface area (Å²) in [7, 11) is 0. The van der Waals surface area contributed by atoms with Crippen molar-refractivity contribution in [1.82, 2.24) is 15.0 Å². The van der Waals surface area contributed by atoms with E-state index in [9.17, 15) is 4.79 Å². The summed E-state index contributed by atoms with van der Waals surface area (Å²) in [4.78, 5) is 12.5. The van der Waals surface area contributed by atoms with Crippen LogP contribution in [0.25, 0.3) is 0 Å². The molecule has 0 spiro atoms. The van der Waals surface area contributed by atoms with Gasteiger partial charge in [-0.05, 0) is 54.4 Å². The monoisotopic (exact) mass is 490 g/mol. The molecule has 3 aromatic carbocycles. The van der Waals surface area contributed by atoms with Crippen molar-refractivity contribution >= 4 is 27.5 Å². The SMILES string of the molecule is Cc1c(CC(=O)Nc2ccc(OCc3ccccc3)cc2)nnn1Cc1ccc(Br)cc1. The molecule has 1 aromatic heterocycles. The number of amides is 1. The van der Waals surface area contributed by atoms with Crippen molar-refractivity contribution in [1.29, 1.82) is 0 Å². The van der Waals surface area contributed by atoms with Gasteiger partial charge in [-0.1, -0.05) is 63.6 Å². The third-order valence-corrected chi connectivity index (χ3v) is 5.57. The molecule has 0 saturated heterocycles. The van der Waals surface area contributed by atoms with Gasteiger partial charge in [-0.3, -0.25) is 4.79 Å². The van der Waals surface area contributed by atoms with Crippen molar-refractivity contribution in [2.24, 2.45) is 0 Å². The van der Waals surface area contributed by atoms with Crippen LogP contribution in [0.3, 0.4) is 0 Å². The van der Waals surface area contributed by atoms with Crippen LogP contribution in [0, 0.1) is 6.92 Å². The zero-order chi connectivity index (χ0) is 22.3.